The Labute approximate surface area is 107 Å². The van der Waals surface area contributed by atoms with E-state index in [4.69, 9.17) is 5.73 Å². The van der Waals surface area contributed by atoms with Crippen molar-refractivity contribution < 1.29 is 4.39 Å². The van der Waals surface area contributed by atoms with E-state index in [1.165, 1.54) is 6.07 Å². The summed E-state index contributed by atoms with van der Waals surface area (Å²) in [6.45, 7) is 4.32. The standard InChI is InChI=1S/C13H17FN2.ClH/c1-2-13(11-6-16-7-12(11)13)8-3-9(14)5-10(15)4-8;/h3-5,11-12,16H,2,6-7,15H2,1H3;1H. The smallest absolute Gasteiger partial charge is 0.125 e. The van der Waals surface area contributed by atoms with Gasteiger partial charge in [-0.25, -0.2) is 4.39 Å². The fourth-order valence-electron chi connectivity index (χ4n) is 3.69. The first-order valence-corrected chi connectivity index (χ1v) is 5.95. The second-order valence-electron chi connectivity index (χ2n) is 5.04. The lowest BCUT2D eigenvalue weighted by Crippen LogP contribution is -2.25. The van der Waals surface area contributed by atoms with Gasteiger partial charge in [-0.3, -0.25) is 0 Å². The number of halogens is 2. The highest BCUT2D eigenvalue weighted by Gasteiger charge is 2.65. The molecule has 17 heavy (non-hydrogen) atoms. The van der Waals surface area contributed by atoms with Gasteiger partial charge in [0, 0.05) is 11.1 Å². The Morgan fingerprint density at radius 2 is 2.00 bits per heavy atom. The third-order valence-electron chi connectivity index (χ3n) is 4.47. The van der Waals surface area contributed by atoms with Crippen molar-refractivity contribution >= 4 is 18.1 Å². The molecule has 0 bridgehead atoms. The maximum absolute atomic E-state index is 13.4. The first-order chi connectivity index (χ1) is 7.68. The third-order valence-corrected chi connectivity index (χ3v) is 4.47. The van der Waals surface area contributed by atoms with Gasteiger partial charge >= 0.3 is 0 Å². The van der Waals surface area contributed by atoms with Crippen LogP contribution in [0.25, 0.3) is 0 Å². The van der Waals surface area contributed by atoms with E-state index in [1.807, 2.05) is 6.07 Å². The summed E-state index contributed by atoms with van der Waals surface area (Å²) in [5, 5.41) is 3.38. The van der Waals surface area contributed by atoms with Crippen molar-refractivity contribution in [3.05, 3.63) is 29.6 Å². The van der Waals surface area contributed by atoms with E-state index in [0.29, 0.717) is 17.5 Å². The average molecular weight is 257 g/mol. The van der Waals surface area contributed by atoms with Crippen LogP contribution in [0.1, 0.15) is 18.9 Å². The van der Waals surface area contributed by atoms with Gasteiger partial charge in [0.25, 0.3) is 0 Å². The van der Waals surface area contributed by atoms with Gasteiger partial charge < -0.3 is 11.1 Å². The van der Waals surface area contributed by atoms with Crippen molar-refractivity contribution in [3.63, 3.8) is 0 Å². The van der Waals surface area contributed by atoms with Crippen LogP contribution < -0.4 is 11.1 Å². The molecule has 1 saturated carbocycles. The molecule has 2 fully saturated rings. The van der Waals surface area contributed by atoms with Gasteiger partial charge in [-0.15, -0.1) is 12.4 Å². The van der Waals surface area contributed by atoms with Gasteiger partial charge in [0.1, 0.15) is 5.82 Å². The molecule has 1 saturated heterocycles. The fourth-order valence-corrected chi connectivity index (χ4v) is 3.69. The molecule has 3 N–H and O–H groups in total. The highest BCUT2D eigenvalue weighted by Crippen LogP contribution is 2.63. The van der Waals surface area contributed by atoms with Crippen LogP contribution in [0.5, 0.6) is 0 Å². The van der Waals surface area contributed by atoms with Gasteiger partial charge in [0.15, 0.2) is 0 Å². The van der Waals surface area contributed by atoms with Crippen LogP contribution in [0.15, 0.2) is 18.2 Å². The number of nitrogens with one attached hydrogen (secondary N) is 1. The fraction of sp³-hybridized carbons (Fsp3) is 0.538. The second-order valence-corrected chi connectivity index (χ2v) is 5.04. The maximum Gasteiger partial charge on any atom is 0.125 e. The van der Waals surface area contributed by atoms with Crippen LogP contribution >= 0.6 is 12.4 Å². The lowest BCUT2D eigenvalue weighted by molar-refractivity contribution is 0.498. The summed E-state index contributed by atoms with van der Waals surface area (Å²) in [5.41, 5.74) is 7.57. The molecule has 1 aromatic carbocycles. The molecule has 2 unspecified atom stereocenters. The number of nitrogen functional groups attached to an aromatic ring is 1. The monoisotopic (exact) mass is 256 g/mol. The van der Waals surface area contributed by atoms with Gasteiger partial charge in [-0.05, 0) is 55.1 Å². The van der Waals surface area contributed by atoms with Gasteiger partial charge in [-0.2, -0.15) is 0 Å². The molecule has 0 radical (unpaired) electrons. The largest absolute Gasteiger partial charge is 0.399 e. The van der Waals surface area contributed by atoms with E-state index in [-0.39, 0.29) is 23.6 Å². The molecule has 4 heteroatoms. The van der Waals surface area contributed by atoms with Crippen LogP contribution in [0.3, 0.4) is 0 Å². The number of anilines is 1. The summed E-state index contributed by atoms with van der Waals surface area (Å²) >= 11 is 0. The second kappa shape index (κ2) is 4.14. The number of nitrogens with two attached hydrogens (primary N) is 1. The Kier molecular flexibility index (Phi) is 3.08. The van der Waals surface area contributed by atoms with Crippen molar-refractivity contribution in [2.45, 2.75) is 18.8 Å². The number of hydrogen-bond donors (Lipinski definition) is 2. The third kappa shape index (κ3) is 1.64. The van der Waals surface area contributed by atoms with E-state index in [2.05, 4.69) is 12.2 Å². The molecular weight excluding hydrogens is 239 g/mol. The Balaban J connectivity index is 0.00000108. The quantitative estimate of drug-likeness (QED) is 0.797. The predicted octanol–water partition coefficient (Wildman–Crippen LogP) is 2.33. The summed E-state index contributed by atoms with van der Waals surface area (Å²) in [7, 11) is 0. The number of piperidine rings is 1. The molecular formula is C13H18ClFN2. The molecule has 1 heterocycles. The molecule has 1 aliphatic heterocycles. The van der Waals surface area contributed by atoms with Crippen molar-refractivity contribution in [1.29, 1.82) is 0 Å². The first kappa shape index (κ1) is 12.7. The molecule has 2 nitrogen and oxygen atoms in total. The van der Waals surface area contributed by atoms with Crippen molar-refractivity contribution in [1.82, 2.24) is 5.32 Å². The molecule has 0 amide bonds. The van der Waals surface area contributed by atoms with Crippen LogP contribution in [0.2, 0.25) is 0 Å². The lowest BCUT2D eigenvalue weighted by atomic mass is 9.87. The molecule has 0 spiro atoms. The summed E-state index contributed by atoms with van der Waals surface area (Å²) in [6, 6.07) is 5.01. The topological polar surface area (TPSA) is 38.0 Å². The van der Waals surface area contributed by atoms with Gasteiger partial charge in [-0.1, -0.05) is 6.92 Å². The summed E-state index contributed by atoms with van der Waals surface area (Å²) in [4.78, 5) is 0. The SMILES string of the molecule is CCC1(c2cc(N)cc(F)c2)C2CNCC21.Cl. The van der Waals surface area contributed by atoms with Crippen molar-refractivity contribution in [3.8, 4) is 0 Å². The molecule has 3 rings (SSSR count). The normalized spacial score (nSPS) is 34.0. The van der Waals surface area contributed by atoms with Gasteiger partial charge in [0.05, 0.1) is 0 Å². The lowest BCUT2D eigenvalue weighted by Gasteiger charge is -2.20. The van der Waals surface area contributed by atoms with E-state index in [9.17, 15) is 4.39 Å². The van der Waals surface area contributed by atoms with Crippen LogP contribution in [-0.4, -0.2) is 13.1 Å². The average Bonchev–Trinajstić information content (AvgIpc) is 2.62. The molecule has 94 valence electrons. The minimum absolute atomic E-state index is 0. The highest BCUT2D eigenvalue weighted by molar-refractivity contribution is 5.85. The number of fused-ring (bicyclic) bond motifs is 1. The molecule has 0 aromatic heterocycles. The van der Waals surface area contributed by atoms with Crippen LogP contribution in [-0.2, 0) is 5.41 Å². The van der Waals surface area contributed by atoms with E-state index in [0.717, 1.165) is 25.1 Å². The van der Waals surface area contributed by atoms with Crippen LogP contribution in [0.4, 0.5) is 10.1 Å². The first-order valence-electron chi connectivity index (χ1n) is 5.95. The highest BCUT2D eigenvalue weighted by atomic mass is 35.5. The number of rotatable bonds is 2. The minimum atomic E-state index is -0.208. The van der Waals surface area contributed by atoms with Gasteiger partial charge in [0.2, 0.25) is 0 Å². The van der Waals surface area contributed by atoms with E-state index < -0.39 is 0 Å². The zero-order chi connectivity index (χ0) is 11.3. The zero-order valence-corrected chi connectivity index (χ0v) is 10.7. The minimum Gasteiger partial charge on any atom is -0.399 e. The Bertz CT molecular complexity index is 405. The molecule has 1 aliphatic carbocycles. The summed E-state index contributed by atoms with van der Waals surface area (Å²) in [6.07, 6.45) is 1.08. The van der Waals surface area contributed by atoms with Crippen molar-refractivity contribution in [2.24, 2.45) is 11.8 Å². The van der Waals surface area contributed by atoms with Crippen molar-refractivity contribution in [2.75, 3.05) is 18.8 Å². The Morgan fingerprint density at radius 3 is 2.53 bits per heavy atom. The van der Waals surface area contributed by atoms with Crippen LogP contribution in [0, 0.1) is 17.7 Å². The summed E-state index contributed by atoms with van der Waals surface area (Å²) in [5.74, 6) is 1.15. The summed E-state index contributed by atoms with van der Waals surface area (Å²) < 4.78 is 13.4. The van der Waals surface area contributed by atoms with E-state index >= 15 is 0 Å². The zero-order valence-electron chi connectivity index (χ0n) is 9.87. The molecule has 2 atom stereocenters. The maximum atomic E-state index is 13.4. The van der Waals surface area contributed by atoms with E-state index in [1.54, 1.807) is 6.07 Å². The predicted molar refractivity (Wildman–Crippen MR) is 69.9 cm³/mol. The number of benzene rings is 1. The Morgan fingerprint density at radius 1 is 1.35 bits per heavy atom. The number of hydrogen-bond acceptors (Lipinski definition) is 2. The Hall–Kier alpha value is -0.800. The molecule has 1 aromatic rings. The molecule has 2 aliphatic rings.